The lowest BCUT2D eigenvalue weighted by Gasteiger charge is -1.80. The molecule has 7 heteroatoms. The van der Waals surface area contributed by atoms with E-state index in [2.05, 4.69) is 31.9 Å². The van der Waals surface area contributed by atoms with Crippen molar-refractivity contribution in [3.05, 3.63) is 41.6 Å². The molecule has 0 radical (unpaired) electrons. The van der Waals surface area contributed by atoms with E-state index in [0.29, 0.717) is 4.88 Å². The second kappa shape index (κ2) is 6.91. The molecule has 0 unspecified atom stereocenters. The number of amides is 1. The van der Waals surface area contributed by atoms with Crippen LogP contribution in [0.1, 0.15) is 14.5 Å². The summed E-state index contributed by atoms with van der Waals surface area (Å²) < 4.78 is 1.76. The number of primary amides is 1. The molecule has 3 nitrogen and oxygen atoms in total. The lowest BCUT2D eigenvalue weighted by molar-refractivity contribution is 0.100. The van der Waals surface area contributed by atoms with Crippen LogP contribution in [0, 0.1) is 11.3 Å². The third-order valence-electron chi connectivity index (χ3n) is 1.52. The zero-order valence-corrected chi connectivity index (χ0v) is 13.1. The minimum atomic E-state index is -0.392. The molecule has 0 saturated carbocycles. The molecule has 2 heterocycles. The van der Waals surface area contributed by atoms with Gasteiger partial charge in [0.15, 0.2) is 0 Å². The molecule has 0 aromatic carbocycles. The van der Waals surface area contributed by atoms with E-state index in [4.69, 9.17) is 11.0 Å². The lowest BCUT2D eigenvalue weighted by atomic mass is 10.5. The number of thiophene rings is 2. The van der Waals surface area contributed by atoms with E-state index in [0.717, 1.165) is 13.1 Å². The van der Waals surface area contributed by atoms with Gasteiger partial charge in [-0.25, -0.2) is 0 Å². The van der Waals surface area contributed by atoms with Gasteiger partial charge in [0.2, 0.25) is 0 Å². The summed E-state index contributed by atoms with van der Waals surface area (Å²) in [6, 6.07) is 7.38. The van der Waals surface area contributed by atoms with Crippen LogP contribution in [0.4, 0.5) is 0 Å². The Kier molecular flexibility index (Phi) is 5.85. The van der Waals surface area contributed by atoms with Crippen LogP contribution in [0.2, 0.25) is 0 Å². The first kappa shape index (κ1) is 14.4. The quantitative estimate of drug-likeness (QED) is 0.795. The maximum atomic E-state index is 10.6. The Morgan fingerprint density at radius 3 is 2.41 bits per heavy atom. The molecule has 0 aliphatic carbocycles. The molecule has 0 aliphatic heterocycles. The molecule has 0 atom stereocenters. The minimum Gasteiger partial charge on any atom is -0.365 e. The van der Waals surface area contributed by atoms with Gasteiger partial charge in [0.1, 0.15) is 10.9 Å². The van der Waals surface area contributed by atoms with Crippen LogP contribution in [0.15, 0.2) is 31.8 Å². The van der Waals surface area contributed by atoms with Crippen LogP contribution in [0.3, 0.4) is 0 Å². The Labute approximate surface area is 123 Å². The van der Waals surface area contributed by atoms with E-state index in [1.165, 1.54) is 22.7 Å². The third kappa shape index (κ3) is 4.60. The normalized spacial score (nSPS) is 9.00. The van der Waals surface area contributed by atoms with Crippen LogP contribution >= 0.6 is 54.5 Å². The smallest absolute Gasteiger partial charge is 0.258 e. The van der Waals surface area contributed by atoms with Gasteiger partial charge in [-0.1, -0.05) is 6.07 Å². The molecule has 1 amide bonds. The molecule has 2 N–H and O–H groups in total. The van der Waals surface area contributed by atoms with E-state index in [1.54, 1.807) is 12.1 Å². The van der Waals surface area contributed by atoms with E-state index in [-0.39, 0.29) is 0 Å². The van der Waals surface area contributed by atoms with Crippen molar-refractivity contribution in [3.63, 3.8) is 0 Å². The highest BCUT2D eigenvalue weighted by Crippen LogP contribution is 2.31. The standard InChI is InChI=1S/C5H3Br2NOS.C5H3NS/c6-2-1-3(5(8)9)10-4(2)7;6-4-5-2-1-3-7-5/h1H,(H2,8,9);1-3H. The highest BCUT2D eigenvalue weighted by atomic mass is 79.9. The fourth-order valence-corrected chi connectivity index (χ4v) is 3.21. The van der Waals surface area contributed by atoms with Crippen LogP contribution < -0.4 is 5.73 Å². The minimum absolute atomic E-state index is 0.392. The number of rotatable bonds is 1. The highest BCUT2D eigenvalue weighted by molar-refractivity contribution is 9.13. The lowest BCUT2D eigenvalue weighted by Crippen LogP contribution is -2.08. The van der Waals surface area contributed by atoms with Crippen LogP contribution in [-0.2, 0) is 0 Å². The summed E-state index contributed by atoms with van der Waals surface area (Å²) in [5.41, 5.74) is 5.03. The van der Waals surface area contributed by atoms with E-state index in [1.807, 2.05) is 17.5 Å². The van der Waals surface area contributed by atoms with Gasteiger partial charge in [-0.05, 0) is 49.4 Å². The Bertz CT molecular complexity index is 524. The number of hydrogen-bond donors (Lipinski definition) is 1. The van der Waals surface area contributed by atoms with E-state index >= 15 is 0 Å². The Morgan fingerprint density at radius 1 is 1.47 bits per heavy atom. The van der Waals surface area contributed by atoms with Gasteiger partial charge in [0.05, 0.1) is 8.66 Å². The molecule has 0 spiro atoms. The largest absolute Gasteiger partial charge is 0.365 e. The summed E-state index contributed by atoms with van der Waals surface area (Å²) in [5, 5.41) is 10.1. The van der Waals surface area contributed by atoms with Gasteiger partial charge in [0, 0.05) is 4.47 Å². The third-order valence-corrected chi connectivity index (χ3v) is 5.56. The SMILES string of the molecule is N#Cc1cccs1.NC(=O)c1cc(Br)c(Br)s1. The predicted octanol–water partition coefficient (Wildman–Crippen LogP) is 3.99. The van der Waals surface area contributed by atoms with Crippen molar-refractivity contribution in [2.75, 3.05) is 0 Å². The highest BCUT2D eigenvalue weighted by Gasteiger charge is 2.07. The van der Waals surface area contributed by atoms with Gasteiger partial charge in [-0.15, -0.1) is 22.7 Å². The molecule has 2 aromatic heterocycles. The van der Waals surface area contributed by atoms with Gasteiger partial charge in [-0.2, -0.15) is 5.26 Å². The molecular weight excluding hydrogens is 388 g/mol. The van der Waals surface area contributed by atoms with Crippen molar-refractivity contribution in [2.24, 2.45) is 5.73 Å². The van der Waals surface area contributed by atoms with Gasteiger partial charge in [0.25, 0.3) is 5.91 Å². The number of nitrogens with two attached hydrogens (primary N) is 1. The molecule has 0 fully saturated rings. The average Bonchev–Trinajstić information content (AvgIpc) is 2.90. The summed E-state index contributed by atoms with van der Waals surface area (Å²) in [6.07, 6.45) is 0. The van der Waals surface area contributed by atoms with Crippen molar-refractivity contribution in [1.29, 1.82) is 5.26 Å². The summed E-state index contributed by atoms with van der Waals surface area (Å²) in [4.78, 5) is 11.9. The fraction of sp³-hybridized carbons (Fsp3) is 0. The molecular formula is C10H6Br2N2OS2. The second-order valence-electron chi connectivity index (χ2n) is 2.69. The molecule has 0 bridgehead atoms. The zero-order chi connectivity index (χ0) is 12.8. The van der Waals surface area contributed by atoms with Crippen molar-refractivity contribution in [1.82, 2.24) is 0 Å². The van der Waals surface area contributed by atoms with Crippen LogP contribution in [0.5, 0.6) is 0 Å². The molecule has 0 aliphatic rings. The first-order valence-corrected chi connectivity index (χ1v) is 7.51. The van der Waals surface area contributed by atoms with Crippen molar-refractivity contribution >= 4 is 60.4 Å². The first-order valence-electron chi connectivity index (χ1n) is 4.23. The van der Waals surface area contributed by atoms with E-state index in [9.17, 15) is 4.79 Å². The molecule has 0 saturated heterocycles. The molecule has 2 aromatic rings. The molecule has 17 heavy (non-hydrogen) atoms. The van der Waals surface area contributed by atoms with Crippen molar-refractivity contribution in [3.8, 4) is 6.07 Å². The van der Waals surface area contributed by atoms with Crippen molar-refractivity contribution < 1.29 is 4.79 Å². The molecule has 88 valence electrons. The summed E-state index contributed by atoms with van der Waals surface area (Å²) >= 11 is 9.27. The number of halogens is 2. The monoisotopic (exact) mass is 392 g/mol. The molecule has 2 rings (SSSR count). The van der Waals surface area contributed by atoms with Gasteiger partial charge >= 0.3 is 0 Å². The Hall–Kier alpha value is -0.680. The summed E-state index contributed by atoms with van der Waals surface area (Å²) in [7, 11) is 0. The first-order chi connectivity index (χ1) is 8.04. The second-order valence-corrected chi connectivity index (χ2v) is 6.86. The summed E-state index contributed by atoms with van der Waals surface area (Å²) in [5.74, 6) is -0.392. The van der Waals surface area contributed by atoms with Crippen molar-refractivity contribution in [2.45, 2.75) is 0 Å². The average molecular weight is 394 g/mol. The summed E-state index contributed by atoms with van der Waals surface area (Å²) in [6.45, 7) is 0. The van der Waals surface area contributed by atoms with Crippen LogP contribution in [0.25, 0.3) is 0 Å². The number of nitrogens with zero attached hydrogens (tertiary/aromatic N) is 1. The van der Waals surface area contributed by atoms with Crippen LogP contribution in [-0.4, -0.2) is 5.91 Å². The fourth-order valence-electron chi connectivity index (χ4n) is 0.810. The topological polar surface area (TPSA) is 66.9 Å². The Balaban J connectivity index is 0.000000181. The van der Waals surface area contributed by atoms with Gasteiger partial charge < -0.3 is 5.73 Å². The number of hydrogen-bond acceptors (Lipinski definition) is 4. The van der Waals surface area contributed by atoms with E-state index < -0.39 is 5.91 Å². The zero-order valence-electron chi connectivity index (χ0n) is 8.31. The van der Waals surface area contributed by atoms with Gasteiger partial charge in [-0.3, -0.25) is 4.79 Å². The number of carbonyl (C=O) groups is 1. The Morgan fingerprint density at radius 2 is 2.18 bits per heavy atom. The number of nitriles is 1. The maximum Gasteiger partial charge on any atom is 0.258 e. The number of carbonyl (C=O) groups excluding carboxylic acids is 1. The predicted molar refractivity (Wildman–Crippen MR) is 77.3 cm³/mol. The maximum absolute atomic E-state index is 10.6.